The maximum Gasteiger partial charge on any atom is 0.247 e. The van der Waals surface area contributed by atoms with Gasteiger partial charge < -0.3 is 19.7 Å². The number of anilines is 1. The first-order valence-corrected chi connectivity index (χ1v) is 8.61. The molecule has 6 heteroatoms. The highest BCUT2D eigenvalue weighted by Gasteiger charge is 2.14. The average molecular weight is 368 g/mol. The Morgan fingerprint density at radius 3 is 2.56 bits per heavy atom. The lowest BCUT2D eigenvalue weighted by Crippen LogP contribution is -2.36. The van der Waals surface area contributed by atoms with Crippen molar-refractivity contribution < 1.29 is 19.1 Å². The van der Waals surface area contributed by atoms with Gasteiger partial charge in [0.15, 0.2) is 0 Å². The van der Waals surface area contributed by atoms with Crippen molar-refractivity contribution in [3.8, 4) is 11.5 Å². The second kappa shape index (κ2) is 10.0. The lowest BCUT2D eigenvalue weighted by Gasteiger charge is -2.18. The molecule has 0 aliphatic carbocycles. The smallest absolute Gasteiger partial charge is 0.247 e. The SMILES string of the molecule is CCN(CC(=O)Nc1cccc(OC)c1)C(=O)C=Cc1ccccc1OC. The quantitative estimate of drug-likeness (QED) is 0.727. The maximum absolute atomic E-state index is 12.4. The molecule has 0 saturated heterocycles. The number of hydrogen-bond donors (Lipinski definition) is 1. The summed E-state index contributed by atoms with van der Waals surface area (Å²) >= 11 is 0. The van der Waals surface area contributed by atoms with E-state index in [0.717, 1.165) is 5.56 Å². The van der Waals surface area contributed by atoms with E-state index in [1.807, 2.05) is 31.2 Å². The number of amides is 2. The zero-order valence-electron chi connectivity index (χ0n) is 15.8. The molecule has 2 amide bonds. The Morgan fingerprint density at radius 2 is 1.85 bits per heavy atom. The molecule has 1 N–H and O–H groups in total. The standard InChI is InChI=1S/C21H24N2O4/c1-4-23(15-20(24)22-17-9-7-10-18(14-17)26-2)21(25)13-12-16-8-5-6-11-19(16)27-3/h5-14H,4,15H2,1-3H3,(H,22,24). The Labute approximate surface area is 159 Å². The summed E-state index contributed by atoms with van der Waals surface area (Å²) in [7, 11) is 3.14. The Morgan fingerprint density at radius 1 is 1.07 bits per heavy atom. The Hall–Kier alpha value is -3.28. The number of nitrogens with one attached hydrogen (secondary N) is 1. The van der Waals surface area contributed by atoms with Crippen LogP contribution in [0.4, 0.5) is 5.69 Å². The third-order valence-corrected chi connectivity index (χ3v) is 3.93. The predicted molar refractivity (Wildman–Crippen MR) is 106 cm³/mol. The van der Waals surface area contributed by atoms with Gasteiger partial charge in [0.25, 0.3) is 0 Å². The van der Waals surface area contributed by atoms with Crippen LogP contribution in [0.3, 0.4) is 0 Å². The summed E-state index contributed by atoms with van der Waals surface area (Å²) in [5, 5.41) is 2.77. The van der Waals surface area contributed by atoms with Crippen molar-refractivity contribution in [2.75, 3.05) is 32.6 Å². The number of carbonyl (C=O) groups excluding carboxylic acids is 2. The fourth-order valence-electron chi connectivity index (χ4n) is 2.49. The molecule has 2 aromatic rings. The third kappa shape index (κ3) is 5.88. The zero-order chi connectivity index (χ0) is 19.6. The number of hydrogen-bond acceptors (Lipinski definition) is 4. The molecule has 0 atom stereocenters. The molecule has 0 aliphatic heterocycles. The molecule has 0 bridgehead atoms. The highest BCUT2D eigenvalue weighted by atomic mass is 16.5. The summed E-state index contributed by atoms with van der Waals surface area (Å²) < 4.78 is 10.4. The molecule has 0 fully saturated rings. The van der Waals surface area contributed by atoms with Crippen molar-refractivity contribution in [2.45, 2.75) is 6.92 Å². The largest absolute Gasteiger partial charge is 0.497 e. The van der Waals surface area contributed by atoms with E-state index in [1.165, 1.54) is 11.0 Å². The number of nitrogens with zero attached hydrogens (tertiary/aromatic N) is 1. The van der Waals surface area contributed by atoms with Crippen LogP contribution in [0.25, 0.3) is 6.08 Å². The van der Waals surface area contributed by atoms with Crippen molar-refractivity contribution in [2.24, 2.45) is 0 Å². The van der Waals surface area contributed by atoms with Gasteiger partial charge in [0.1, 0.15) is 18.0 Å². The zero-order valence-corrected chi connectivity index (χ0v) is 15.8. The van der Waals surface area contributed by atoms with Crippen LogP contribution < -0.4 is 14.8 Å². The van der Waals surface area contributed by atoms with Crippen LogP contribution in [-0.4, -0.2) is 44.0 Å². The van der Waals surface area contributed by atoms with Crippen LogP contribution in [0.1, 0.15) is 12.5 Å². The highest BCUT2D eigenvalue weighted by molar-refractivity contribution is 5.98. The van der Waals surface area contributed by atoms with E-state index in [-0.39, 0.29) is 18.4 Å². The van der Waals surface area contributed by atoms with Gasteiger partial charge >= 0.3 is 0 Å². The number of ether oxygens (including phenoxy) is 2. The Balaban J connectivity index is 1.99. The lowest BCUT2D eigenvalue weighted by atomic mass is 10.2. The van der Waals surface area contributed by atoms with E-state index < -0.39 is 0 Å². The van der Waals surface area contributed by atoms with Gasteiger partial charge in [-0.15, -0.1) is 0 Å². The topological polar surface area (TPSA) is 67.9 Å². The second-order valence-electron chi connectivity index (χ2n) is 5.71. The fraction of sp³-hybridized carbons (Fsp3) is 0.238. The monoisotopic (exact) mass is 368 g/mol. The minimum Gasteiger partial charge on any atom is -0.497 e. The number of likely N-dealkylation sites (N-methyl/N-ethyl adjacent to an activating group) is 1. The summed E-state index contributed by atoms with van der Waals surface area (Å²) in [5.41, 5.74) is 1.41. The van der Waals surface area contributed by atoms with Gasteiger partial charge in [-0.1, -0.05) is 24.3 Å². The van der Waals surface area contributed by atoms with Gasteiger partial charge in [0.2, 0.25) is 11.8 Å². The number of carbonyl (C=O) groups is 2. The molecule has 0 unspecified atom stereocenters. The van der Waals surface area contributed by atoms with E-state index in [4.69, 9.17) is 9.47 Å². The van der Waals surface area contributed by atoms with E-state index in [9.17, 15) is 9.59 Å². The van der Waals surface area contributed by atoms with Gasteiger partial charge in [-0.05, 0) is 31.2 Å². The van der Waals surface area contributed by atoms with Crippen LogP contribution in [0.2, 0.25) is 0 Å². The Bertz CT molecular complexity index is 817. The van der Waals surface area contributed by atoms with Crippen molar-refractivity contribution in [1.82, 2.24) is 4.90 Å². The highest BCUT2D eigenvalue weighted by Crippen LogP contribution is 2.19. The molecule has 2 rings (SSSR count). The molecule has 0 spiro atoms. The van der Waals surface area contributed by atoms with Gasteiger partial charge in [-0.3, -0.25) is 9.59 Å². The lowest BCUT2D eigenvalue weighted by molar-refractivity contribution is -0.130. The minimum atomic E-state index is -0.274. The maximum atomic E-state index is 12.4. The molecule has 0 radical (unpaired) electrons. The van der Waals surface area contributed by atoms with Crippen LogP contribution >= 0.6 is 0 Å². The van der Waals surface area contributed by atoms with Gasteiger partial charge in [-0.2, -0.15) is 0 Å². The minimum absolute atomic E-state index is 0.0389. The van der Waals surface area contributed by atoms with Crippen LogP contribution in [0.5, 0.6) is 11.5 Å². The molecular weight excluding hydrogens is 344 g/mol. The van der Waals surface area contributed by atoms with E-state index in [1.54, 1.807) is 44.6 Å². The molecule has 2 aromatic carbocycles. The Kier molecular flexibility index (Phi) is 7.43. The summed E-state index contributed by atoms with van der Waals surface area (Å²) in [4.78, 5) is 26.2. The first-order chi connectivity index (χ1) is 13.1. The van der Waals surface area contributed by atoms with Crippen molar-refractivity contribution in [3.63, 3.8) is 0 Å². The average Bonchev–Trinajstić information content (AvgIpc) is 2.70. The van der Waals surface area contributed by atoms with E-state index in [2.05, 4.69) is 5.32 Å². The number of para-hydroxylation sites is 1. The molecule has 142 valence electrons. The summed E-state index contributed by atoms with van der Waals surface area (Å²) in [6.07, 6.45) is 3.13. The molecule has 0 aliphatic rings. The predicted octanol–water partition coefficient (Wildman–Crippen LogP) is 3.20. The number of rotatable bonds is 8. The third-order valence-electron chi connectivity index (χ3n) is 3.93. The van der Waals surface area contributed by atoms with Crippen molar-refractivity contribution in [3.05, 3.63) is 60.2 Å². The van der Waals surface area contributed by atoms with Crippen LogP contribution in [0, 0.1) is 0 Å². The summed E-state index contributed by atoms with van der Waals surface area (Å²) in [6, 6.07) is 14.5. The molecule has 0 heterocycles. The first-order valence-electron chi connectivity index (χ1n) is 8.61. The number of benzene rings is 2. The van der Waals surface area contributed by atoms with E-state index in [0.29, 0.717) is 23.7 Å². The van der Waals surface area contributed by atoms with Gasteiger partial charge in [-0.25, -0.2) is 0 Å². The van der Waals surface area contributed by atoms with Crippen molar-refractivity contribution in [1.29, 1.82) is 0 Å². The molecule has 0 aromatic heterocycles. The van der Waals surface area contributed by atoms with Gasteiger partial charge in [0.05, 0.1) is 14.2 Å². The molecule has 0 saturated carbocycles. The number of methoxy groups -OCH3 is 2. The summed E-state index contributed by atoms with van der Waals surface area (Å²) in [6.45, 7) is 2.21. The molecule has 27 heavy (non-hydrogen) atoms. The van der Waals surface area contributed by atoms with Crippen LogP contribution in [-0.2, 0) is 9.59 Å². The molecular formula is C21H24N2O4. The first kappa shape index (κ1) is 20.0. The van der Waals surface area contributed by atoms with Crippen molar-refractivity contribution >= 4 is 23.6 Å². The summed E-state index contributed by atoms with van der Waals surface area (Å²) in [5.74, 6) is 0.810. The van der Waals surface area contributed by atoms with E-state index >= 15 is 0 Å². The second-order valence-corrected chi connectivity index (χ2v) is 5.71. The van der Waals surface area contributed by atoms with Gasteiger partial charge in [0, 0.05) is 29.9 Å². The molecule has 6 nitrogen and oxygen atoms in total. The van der Waals surface area contributed by atoms with Crippen LogP contribution in [0.15, 0.2) is 54.6 Å². The normalized spacial score (nSPS) is 10.5. The fourth-order valence-corrected chi connectivity index (χ4v) is 2.49.